The van der Waals surface area contributed by atoms with Crippen LogP contribution in [0.3, 0.4) is 0 Å². The van der Waals surface area contributed by atoms with Gasteiger partial charge in [-0.25, -0.2) is 4.79 Å². The van der Waals surface area contributed by atoms with Gasteiger partial charge in [0.2, 0.25) is 0 Å². The molecule has 0 N–H and O–H groups in total. The third-order valence-corrected chi connectivity index (χ3v) is 6.94. The number of cyclic esters (lactones) is 1. The molecule has 3 aliphatic rings. The third kappa shape index (κ3) is 3.90. The molecule has 3 aliphatic heterocycles. The van der Waals surface area contributed by atoms with Crippen LogP contribution in [0.1, 0.15) is 28.8 Å². The van der Waals surface area contributed by atoms with Gasteiger partial charge >= 0.3 is 6.09 Å². The molecule has 162 valence electrons. The molecule has 0 radical (unpaired) electrons. The van der Waals surface area contributed by atoms with Crippen LogP contribution >= 0.6 is 0 Å². The van der Waals surface area contributed by atoms with Crippen molar-refractivity contribution in [2.45, 2.75) is 30.8 Å². The molecule has 0 spiro atoms. The zero-order valence-corrected chi connectivity index (χ0v) is 17.7. The summed E-state index contributed by atoms with van der Waals surface area (Å²) in [5, 5.41) is 0. The molecule has 5 rings (SSSR count). The molecule has 2 amide bonds. The van der Waals surface area contributed by atoms with Crippen molar-refractivity contribution in [3.05, 3.63) is 66.0 Å². The summed E-state index contributed by atoms with van der Waals surface area (Å²) in [5.41, 5.74) is 1.62. The Morgan fingerprint density at radius 1 is 1.03 bits per heavy atom. The van der Waals surface area contributed by atoms with E-state index >= 15 is 0 Å². The monoisotopic (exact) mass is 420 g/mol. The number of aromatic nitrogens is 1. The number of benzene rings is 1. The second-order valence-electron chi connectivity index (χ2n) is 8.82. The van der Waals surface area contributed by atoms with Gasteiger partial charge in [-0.2, -0.15) is 0 Å². The van der Waals surface area contributed by atoms with Gasteiger partial charge in [-0.05, 0) is 30.5 Å². The fourth-order valence-corrected chi connectivity index (χ4v) is 5.29. The Balaban J connectivity index is 1.25. The molecule has 31 heavy (non-hydrogen) atoms. The van der Waals surface area contributed by atoms with Crippen molar-refractivity contribution in [2.75, 3.05) is 39.3 Å². The van der Waals surface area contributed by atoms with Gasteiger partial charge in [0.05, 0.1) is 5.54 Å². The summed E-state index contributed by atoms with van der Waals surface area (Å²) in [6.45, 7) is 4.32. The minimum Gasteiger partial charge on any atom is -0.447 e. The van der Waals surface area contributed by atoms with E-state index in [-0.39, 0.29) is 17.5 Å². The molecule has 3 fully saturated rings. The molecule has 1 atom stereocenters. The Hall–Kier alpha value is -2.93. The average Bonchev–Trinajstić information content (AvgIpc) is 3.15. The van der Waals surface area contributed by atoms with E-state index in [0.29, 0.717) is 24.8 Å². The van der Waals surface area contributed by atoms with Crippen LogP contribution in [0.4, 0.5) is 4.79 Å². The van der Waals surface area contributed by atoms with E-state index in [1.165, 1.54) is 5.56 Å². The summed E-state index contributed by atoms with van der Waals surface area (Å²) >= 11 is 0. The number of piperidine rings is 1. The number of rotatable bonds is 4. The SMILES string of the molecule is O=C(c1ccncc1)N1CCC(N2CCN3C(=O)OCC3(Cc3ccccc3)C2)CC1. The van der Waals surface area contributed by atoms with Crippen LogP contribution in [0.25, 0.3) is 0 Å². The predicted molar refractivity (Wildman–Crippen MR) is 116 cm³/mol. The number of piperazine rings is 1. The number of hydrogen-bond donors (Lipinski definition) is 0. The van der Waals surface area contributed by atoms with Crippen molar-refractivity contribution < 1.29 is 14.3 Å². The fourth-order valence-electron chi connectivity index (χ4n) is 5.29. The van der Waals surface area contributed by atoms with Crippen molar-refractivity contribution in [3.63, 3.8) is 0 Å². The van der Waals surface area contributed by atoms with Crippen molar-refractivity contribution in [1.82, 2.24) is 19.7 Å². The molecule has 7 heteroatoms. The molecule has 7 nitrogen and oxygen atoms in total. The summed E-state index contributed by atoms with van der Waals surface area (Å²) in [4.78, 5) is 35.5. The van der Waals surface area contributed by atoms with Gasteiger partial charge < -0.3 is 9.64 Å². The van der Waals surface area contributed by atoms with Crippen molar-refractivity contribution in [1.29, 1.82) is 0 Å². The van der Waals surface area contributed by atoms with E-state index < -0.39 is 0 Å². The topological polar surface area (TPSA) is 66.0 Å². The maximum Gasteiger partial charge on any atom is 0.410 e. The number of hydrogen-bond acceptors (Lipinski definition) is 5. The lowest BCUT2D eigenvalue weighted by Crippen LogP contribution is -2.64. The Morgan fingerprint density at radius 2 is 1.77 bits per heavy atom. The summed E-state index contributed by atoms with van der Waals surface area (Å²) in [7, 11) is 0. The van der Waals surface area contributed by atoms with Gasteiger partial charge in [-0.1, -0.05) is 30.3 Å². The molecule has 0 bridgehead atoms. The largest absolute Gasteiger partial charge is 0.447 e. The van der Waals surface area contributed by atoms with E-state index in [2.05, 4.69) is 22.0 Å². The predicted octanol–water partition coefficient (Wildman–Crippen LogP) is 2.44. The number of nitrogens with zero attached hydrogens (tertiary/aromatic N) is 4. The number of fused-ring (bicyclic) bond motifs is 1. The van der Waals surface area contributed by atoms with Gasteiger partial charge in [-0.15, -0.1) is 0 Å². The number of amides is 2. The molecule has 2 aromatic rings. The lowest BCUT2D eigenvalue weighted by molar-refractivity contribution is 0.00897. The minimum atomic E-state index is -0.305. The average molecular weight is 421 g/mol. The Morgan fingerprint density at radius 3 is 2.52 bits per heavy atom. The van der Waals surface area contributed by atoms with Crippen LogP contribution in [0.15, 0.2) is 54.9 Å². The first-order chi connectivity index (χ1) is 15.1. The van der Waals surface area contributed by atoms with Crippen molar-refractivity contribution in [3.8, 4) is 0 Å². The quantitative estimate of drug-likeness (QED) is 0.760. The number of ether oxygens (including phenoxy) is 1. The molecular formula is C24H28N4O3. The number of pyridine rings is 1. The summed E-state index contributed by atoms with van der Waals surface area (Å²) in [6.07, 6.45) is 5.84. The van der Waals surface area contributed by atoms with E-state index in [4.69, 9.17) is 4.74 Å². The van der Waals surface area contributed by atoms with Crippen LogP contribution in [0.2, 0.25) is 0 Å². The van der Waals surface area contributed by atoms with Crippen molar-refractivity contribution >= 4 is 12.0 Å². The maximum atomic E-state index is 12.7. The first-order valence-electron chi connectivity index (χ1n) is 11.1. The normalized spacial score (nSPS) is 24.7. The van der Waals surface area contributed by atoms with Gasteiger partial charge in [0.1, 0.15) is 6.61 Å². The highest BCUT2D eigenvalue weighted by Gasteiger charge is 2.51. The van der Waals surface area contributed by atoms with E-state index in [0.717, 1.165) is 45.4 Å². The van der Waals surface area contributed by atoms with Gasteiger partial charge in [0.15, 0.2) is 0 Å². The highest BCUT2D eigenvalue weighted by atomic mass is 16.6. The first-order valence-corrected chi connectivity index (χ1v) is 11.1. The van der Waals surface area contributed by atoms with Crippen LogP contribution in [0.5, 0.6) is 0 Å². The van der Waals surface area contributed by atoms with E-state index in [9.17, 15) is 9.59 Å². The molecule has 0 aliphatic carbocycles. The van der Waals surface area contributed by atoms with Crippen LogP contribution < -0.4 is 0 Å². The van der Waals surface area contributed by atoms with Crippen LogP contribution in [-0.2, 0) is 11.2 Å². The second-order valence-corrected chi connectivity index (χ2v) is 8.82. The first kappa shape index (κ1) is 20.0. The Kier molecular flexibility index (Phi) is 5.36. The van der Waals surface area contributed by atoms with E-state index in [1.807, 2.05) is 28.0 Å². The lowest BCUT2D eigenvalue weighted by atomic mass is 9.86. The molecular weight excluding hydrogens is 392 g/mol. The summed E-state index contributed by atoms with van der Waals surface area (Å²) in [5.74, 6) is 0.0843. The number of carbonyl (C=O) groups excluding carboxylic acids is 2. The van der Waals surface area contributed by atoms with Gasteiger partial charge in [0.25, 0.3) is 5.91 Å². The second kappa shape index (κ2) is 8.30. The molecule has 1 aromatic carbocycles. The Bertz CT molecular complexity index is 930. The van der Waals surface area contributed by atoms with Crippen molar-refractivity contribution in [2.24, 2.45) is 0 Å². The lowest BCUT2D eigenvalue weighted by Gasteiger charge is -2.49. The maximum absolute atomic E-state index is 12.7. The molecule has 4 heterocycles. The van der Waals surface area contributed by atoms with Gasteiger partial charge in [0, 0.05) is 63.1 Å². The molecule has 1 unspecified atom stereocenters. The molecule has 1 aromatic heterocycles. The van der Waals surface area contributed by atoms with Gasteiger partial charge in [-0.3, -0.25) is 19.6 Å². The standard InChI is InChI=1S/C24H28N4O3/c29-22(20-6-10-25-11-7-20)26-12-8-21(9-13-26)27-14-15-28-23(30)31-18-24(28,17-27)16-19-4-2-1-3-5-19/h1-7,10-11,21H,8-9,12-18H2. The zero-order valence-electron chi connectivity index (χ0n) is 17.7. The number of likely N-dealkylation sites (tertiary alicyclic amines) is 1. The fraction of sp³-hybridized carbons (Fsp3) is 0.458. The summed E-state index contributed by atoms with van der Waals surface area (Å²) in [6, 6.07) is 14.3. The molecule has 3 saturated heterocycles. The van der Waals surface area contributed by atoms with Crippen LogP contribution in [0, 0.1) is 0 Å². The van der Waals surface area contributed by atoms with E-state index in [1.54, 1.807) is 24.5 Å². The number of carbonyl (C=O) groups is 2. The highest BCUT2D eigenvalue weighted by molar-refractivity contribution is 5.94. The smallest absolute Gasteiger partial charge is 0.410 e. The van der Waals surface area contributed by atoms with Crippen LogP contribution in [-0.4, -0.2) is 82.6 Å². The third-order valence-electron chi connectivity index (χ3n) is 6.94. The Labute approximate surface area is 182 Å². The highest BCUT2D eigenvalue weighted by Crippen LogP contribution is 2.34. The zero-order chi connectivity index (χ0) is 21.3. The minimum absolute atomic E-state index is 0.0843. The molecule has 0 saturated carbocycles. The summed E-state index contributed by atoms with van der Waals surface area (Å²) < 4.78 is 5.51.